The summed E-state index contributed by atoms with van der Waals surface area (Å²) < 4.78 is 38.0. The molecule has 0 fully saturated rings. The molecule has 0 unspecified atom stereocenters. The number of hydrogen-bond donors (Lipinski definition) is 1. The molecule has 0 aliphatic rings. The number of halogens is 2. The van der Waals surface area contributed by atoms with Crippen LogP contribution in [0.3, 0.4) is 0 Å². The minimum Gasteiger partial charge on any atom is -0.424 e. The maximum Gasteiger partial charge on any atom is 0.340 e. The Hall–Kier alpha value is -3.81. The van der Waals surface area contributed by atoms with Crippen LogP contribution in [0.4, 0.5) is 14.5 Å². The number of nitrogen functional groups attached to an aromatic ring is 1. The second kappa shape index (κ2) is 7.31. The average Bonchev–Trinajstić information content (AvgIpc) is 2.70. The van der Waals surface area contributed by atoms with Crippen molar-refractivity contribution in [3.63, 3.8) is 0 Å². The SMILES string of the molecule is Cc1c(Cc2cccc(N)c2F)c(=O)oc2cc(Oc3ncc(F)cn3)ccc12. The summed E-state index contributed by atoms with van der Waals surface area (Å²) in [5, 5.41) is 0.677. The molecular formula is C21H15F2N3O3. The minimum atomic E-state index is -0.582. The number of benzene rings is 2. The summed E-state index contributed by atoms with van der Waals surface area (Å²) in [5.41, 5.74) is 6.68. The maximum absolute atomic E-state index is 14.2. The van der Waals surface area contributed by atoms with Crippen molar-refractivity contribution in [3.8, 4) is 11.8 Å². The number of anilines is 1. The molecule has 0 aliphatic heterocycles. The van der Waals surface area contributed by atoms with E-state index in [0.29, 0.717) is 33.4 Å². The van der Waals surface area contributed by atoms with E-state index in [1.54, 1.807) is 31.2 Å². The summed E-state index contributed by atoms with van der Waals surface area (Å²) in [6.07, 6.45) is 2.02. The first-order valence-electron chi connectivity index (χ1n) is 8.67. The van der Waals surface area contributed by atoms with Crippen molar-refractivity contribution < 1.29 is 17.9 Å². The Morgan fingerprint density at radius 2 is 1.90 bits per heavy atom. The largest absolute Gasteiger partial charge is 0.424 e. The number of aryl methyl sites for hydroxylation is 1. The maximum atomic E-state index is 14.2. The highest BCUT2D eigenvalue weighted by atomic mass is 19.1. The summed E-state index contributed by atoms with van der Waals surface area (Å²) in [4.78, 5) is 20.0. The second-order valence-corrected chi connectivity index (χ2v) is 6.43. The molecule has 0 amide bonds. The molecule has 0 saturated heterocycles. The second-order valence-electron chi connectivity index (χ2n) is 6.43. The Bertz CT molecular complexity index is 1270. The highest BCUT2D eigenvalue weighted by Gasteiger charge is 2.15. The molecule has 2 heterocycles. The van der Waals surface area contributed by atoms with E-state index in [9.17, 15) is 13.6 Å². The molecule has 0 saturated carbocycles. The first-order valence-corrected chi connectivity index (χ1v) is 8.67. The summed E-state index contributed by atoms with van der Waals surface area (Å²) in [6.45, 7) is 1.77. The van der Waals surface area contributed by atoms with Gasteiger partial charge in [-0.05, 0) is 36.2 Å². The molecule has 4 rings (SSSR count). The van der Waals surface area contributed by atoms with Crippen molar-refractivity contribution in [2.75, 3.05) is 5.73 Å². The van der Waals surface area contributed by atoms with Crippen LogP contribution in [0.15, 0.2) is 58.0 Å². The van der Waals surface area contributed by atoms with Crippen molar-refractivity contribution >= 4 is 16.7 Å². The Morgan fingerprint density at radius 3 is 2.66 bits per heavy atom. The lowest BCUT2D eigenvalue weighted by atomic mass is 9.99. The zero-order valence-corrected chi connectivity index (χ0v) is 15.3. The van der Waals surface area contributed by atoms with E-state index in [2.05, 4.69) is 9.97 Å². The molecule has 29 heavy (non-hydrogen) atoms. The molecular weight excluding hydrogens is 380 g/mol. The Morgan fingerprint density at radius 1 is 1.14 bits per heavy atom. The van der Waals surface area contributed by atoms with Crippen LogP contribution in [0.5, 0.6) is 11.8 Å². The molecule has 0 atom stereocenters. The quantitative estimate of drug-likeness (QED) is 0.413. The van der Waals surface area contributed by atoms with E-state index in [1.807, 2.05) is 0 Å². The Labute approximate surface area is 163 Å². The van der Waals surface area contributed by atoms with Crippen LogP contribution in [-0.4, -0.2) is 9.97 Å². The number of nitrogens with two attached hydrogens (primary N) is 1. The monoisotopic (exact) mass is 395 g/mol. The highest BCUT2D eigenvalue weighted by Crippen LogP contribution is 2.27. The van der Waals surface area contributed by atoms with Gasteiger partial charge in [-0.15, -0.1) is 0 Å². The average molecular weight is 395 g/mol. The standard InChI is InChI=1S/C21H15F2N3O3/c1-11-15-6-5-14(28-21-25-9-13(22)10-26-21)8-18(15)29-20(27)16(11)7-12-3-2-4-17(24)19(12)23/h2-6,8-10H,7,24H2,1H3. The normalized spacial score (nSPS) is 11.0. The van der Waals surface area contributed by atoms with Gasteiger partial charge in [0, 0.05) is 23.4 Å². The van der Waals surface area contributed by atoms with Crippen LogP contribution >= 0.6 is 0 Å². The Kier molecular flexibility index (Phi) is 4.67. The highest BCUT2D eigenvalue weighted by molar-refractivity contribution is 5.82. The van der Waals surface area contributed by atoms with Crippen molar-refractivity contribution in [3.05, 3.63) is 87.5 Å². The van der Waals surface area contributed by atoms with Crippen molar-refractivity contribution in [1.82, 2.24) is 9.97 Å². The molecule has 0 radical (unpaired) electrons. The van der Waals surface area contributed by atoms with E-state index in [0.717, 1.165) is 12.4 Å². The number of fused-ring (bicyclic) bond motifs is 1. The fourth-order valence-corrected chi connectivity index (χ4v) is 3.03. The lowest BCUT2D eigenvalue weighted by Crippen LogP contribution is -2.12. The Balaban J connectivity index is 1.71. The van der Waals surface area contributed by atoms with Gasteiger partial charge in [0.25, 0.3) is 0 Å². The summed E-state index contributed by atoms with van der Waals surface area (Å²) in [6, 6.07) is 9.50. The van der Waals surface area contributed by atoms with Crippen LogP contribution in [0.1, 0.15) is 16.7 Å². The van der Waals surface area contributed by atoms with Gasteiger partial charge in [-0.3, -0.25) is 0 Å². The van der Waals surface area contributed by atoms with E-state index >= 15 is 0 Å². The molecule has 0 spiro atoms. The third kappa shape index (κ3) is 3.64. The smallest absolute Gasteiger partial charge is 0.340 e. The van der Waals surface area contributed by atoms with Crippen LogP contribution < -0.4 is 16.1 Å². The van der Waals surface area contributed by atoms with Crippen molar-refractivity contribution in [2.45, 2.75) is 13.3 Å². The number of ether oxygens (including phenoxy) is 1. The van der Waals surface area contributed by atoms with E-state index < -0.39 is 17.3 Å². The van der Waals surface area contributed by atoms with E-state index in [4.69, 9.17) is 14.9 Å². The predicted octanol–water partition coefficient (Wildman–Crippen LogP) is 4.13. The van der Waals surface area contributed by atoms with Crippen molar-refractivity contribution in [2.24, 2.45) is 0 Å². The molecule has 0 aliphatic carbocycles. The third-order valence-corrected chi connectivity index (χ3v) is 4.54. The fraction of sp³-hybridized carbons (Fsp3) is 0.0952. The van der Waals surface area contributed by atoms with Gasteiger partial charge in [0.15, 0.2) is 5.82 Å². The van der Waals surface area contributed by atoms with Gasteiger partial charge in [-0.25, -0.2) is 23.5 Å². The van der Waals surface area contributed by atoms with Gasteiger partial charge in [-0.2, -0.15) is 0 Å². The molecule has 4 aromatic rings. The fourth-order valence-electron chi connectivity index (χ4n) is 3.03. The molecule has 6 nitrogen and oxygen atoms in total. The van der Waals surface area contributed by atoms with Gasteiger partial charge in [0.05, 0.1) is 18.1 Å². The van der Waals surface area contributed by atoms with E-state index in [-0.39, 0.29) is 18.1 Å². The molecule has 146 valence electrons. The predicted molar refractivity (Wildman–Crippen MR) is 103 cm³/mol. The summed E-state index contributed by atoms with van der Waals surface area (Å²) in [5.74, 6) is -0.808. The minimum absolute atomic E-state index is 0.0233. The first kappa shape index (κ1) is 18.5. The molecule has 8 heteroatoms. The number of hydrogen-bond acceptors (Lipinski definition) is 6. The molecule has 2 aromatic carbocycles. The lowest BCUT2D eigenvalue weighted by Gasteiger charge is -2.10. The third-order valence-electron chi connectivity index (χ3n) is 4.54. The van der Waals surface area contributed by atoms with Crippen LogP contribution in [0.25, 0.3) is 11.0 Å². The summed E-state index contributed by atoms with van der Waals surface area (Å²) >= 11 is 0. The zero-order chi connectivity index (χ0) is 20.5. The lowest BCUT2D eigenvalue weighted by molar-refractivity contribution is 0.435. The molecule has 2 aromatic heterocycles. The van der Waals surface area contributed by atoms with Gasteiger partial charge < -0.3 is 14.9 Å². The molecule has 0 bridgehead atoms. The molecule has 2 N–H and O–H groups in total. The van der Waals surface area contributed by atoms with Crippen LogP contribution in [0, 0.1) is 18.6 Å². The topological polar surface area (TPSA) is 91.2 Å². The van der Waals surface area contributed by atoms with Crippen molar-refractivity contribution in [1.29, 1.82) is 0 Å². The van der Waals surface area contributed by atoms with E-state index in [1.165, 1.54) is 12.1 Å². The summed E-state index contributed by atoms with van der Waals surface area (Å²) in [7, 11) is 0. The van der Waals surface area contributed by atoms with Gasteiger partial charge >= 0.3 is 11.6 Å². The van der Waals surface area contributed by atoms with Gasteiger partial charge in [0.1, 0.15) is 17.1 Å². The number of rotatable bonds is 4. The van der Waals surface area contributed by atoms with Crippen LogP contribution in [-0.2, 0) is 6.42 Å². The first-order chi connectivity index (χ1) is 13.9. The number of aromatic nitrogens is 2. The van der Waals surface area contributed by atoms with Crippen LogP contribution in [0.2, 0.25) is 0 Å². The number of nitrogens with zero attached hydrogens (tertiary/aromatic N) is 2. The van der Waals surface area contributed by atoms with Gasteiger partial charge in [-0.1, -0.05) is 12.1 Å². The zero-order valence-electron chi connectivity index (χ0n) is 15.3. The van der Waals surface area contributed by atoms with Gasteiger partial charge in [0.2, 0.25) is 0 Å².